The summed E-state index contributed by atoms with van der Waals surface area (Å²) in [6, 6.07) is 52.7. The van der Waals surface area contributed by atoms with E-state index in [9.17, 15) is 0 Å². The van der Waals surface area contributed by atoms with Crippen molar-refractivity contribution in [2.45, 2.75) is 12.3 Å². The Bertz CT molecular complexity index is 2850. The van der Waals surface area contributed by atoms with Gasteiger partial charge in [0.2, 0.25) is 0 Å². The first-order valence-electron chi connectivity index (χ1n) is 17.4. The molecular weight excluding hydrogens is 623 g/mol. The maximum atomic E-state index is 6.27. The number of rotatable bonds is 5. The van der Waals surface area contributed by atoms with Gasteiger partial charge in [-0.2, -0.15) is 0 Å². The number of nitrogens with zero attached hydrogens (tertiary/aromatic N) is 3. The SMILES string of the molecule is C1=CC(c2ccccc2)CC=C1c1ccc(-c2nc(-c3ccc4ccccc4c3)nc(-c3cccc4oc5ccccc5c34)n2)c2ccccc12. The number of para-hydroxylation sites is 1. The van der Waals surface area contributed by atoms with E-state index in [2.05, 4.69) is 140 Å². The molecule has 1 atom stereocenters. The maximum absolute atomic E-state index is 6.27. The van der Waals surface area contributed by atoms with E-state index in [1.54, 1.807) is 0 Å². The Morgan fingerprint density at radius 1 is 0.490 bits per heavy atom. The summed E-state index contributed by atoms with van der Waals surface area (Å²) in [4.78, 5) is 15.6. The molecular formula is C47H31N3O. The minimum absolute atomic E-state index is 0.384. The molecule has 0 amide bonds. The fourth-order valence-corrected chi connectivity index (χ4v) is 7.55. The van der Waals surface area contributed by atoms with E-state index >= 15 is 0 Å². The summed E-state index contributed by atoms with van der Waals surface area (Å²) in [6.45, 7) is 0. The highest BCUT2D eigenvalue weighted by Crippen LogP contribution is 2.39. The Labute approximate surface area is 295 Å². The molecule has 4 nitrogen and oxygen atoms in total. The molecule has 0 saturated heterocycles. The minimum Gasteiger partial charge on any atom is -0.456 e. The lowest BCUT2D eigenvalue weighted by atomic mass is 9.86. The molecule has 4 heteroatoms. The van der Waals surface area contributed by atoms with Gasteiger partial charge in [0.05, 0.1) is 0 Å². The van der Waals surface area contributed by atoms with Crippen molar-refractivity contribution in [1.82, 2.24) is 15.0 Å². The van der Waals surface area contributed by atoms with Crippen LogP contribution in [0.4, 0.5) is 0 Å². The third kappa shape index (κ3) is 5.12. The van der Waals surface area contributed by atoms with Crippen LogP contribution in [0.2, 0.25) is 0 Å². The average molecular weight is 654 g/mol. The standard InChI is InChI=1S/C47H31N3O/c1-2-11-30(12-3-1)32-21-24-33(25-22-32)36-27-28-39(38-16-7-6-15-37(36)38)46-48-45(35-26-23-31-13-4-5-14-34(31)29-35)49-47(50-46)41-18-10-20-43-44(41)40-17-8-9-19-42(40)51-43/h1-21,23-29,32H,22H2. The number of hydrogen-bond acceptors (Lipinski definition) is 4. The summed E-state index contributed by atoms with van der Waals surface area (Å²) < 4.78 is 6.27. The van der Waals surface area contributed by atoms with Crippen molar-refractivity contribution in [3.05, 3.63) is 181 Å². The van der Waals surface area contributed by atoms with Crippen LogP contribution in [-0.2, 0) is 0 Å². The fourth-order valence-electron chi connectivity index (χ4n) is 7.55. The molecule has 1 aliphatic rings. The number of fused-ring (bicyclic) bond motifs is 5. The Hall–Kier alpha value is -6.65. The quantitative estimate of drug-likeness (QED) is 0.185. The van der Waals surface area contributed by atoms with Gasteiger partial charge in [-0.1, -0.05) is 146 Å². The molecule has 51 heavy (non-hydrogen) atoms. The van der Waals surface area contributed by atoms with Crippen LogP contribution in [0.3, 0.4) is 0 Å². The summed E-state index contributed by atoms with van der Waals surface area (Å²) in [6.07, 6.45) is 7.94. The molecule has 2 aromatic heterocycles. The third-order valence-electron chi connectivity index (χ3n) is 10.1. The van der Waals surface area contributed by atoms with E-state index in [1.807, 2.05) is 30.3 Å². The van der Waals surface area contributed by atoms with Crippen molar-refractivity contribution in [1.29, 1.82) is 0 Å². The van der Waals surface area contributed by atoms with E-state index in [-0.39, 0.29) is 0 Å². The van der Waals surface area contributed by atoms with Crippen molar-refractivity contribution in [2.75, 3.05) is 0 Å². The average Bonchev–Trinajstić information content (AvgIpc) is 3.59. The molecule has 0 aliphatic heterocycles. The molecule has 240 valence electrons. The van der Waals surface area contributed by atoms with E-state index in [1.165, 1.54) is 27.5 Å². The predicted molar refractivity (Wildman–Crippen MR) is 209 cm³/mol. The summed E-state index contributed by atoms with van der Waals surface area (Å²) in [5, 5.41) is 6.62. The van der Waals surface area contributed by atoms with E-state index in [4.69, 9.17) is 19.4 Å². The number of hydrogen-bond donors (Lipinski definition) is 0. The predicted octanol–water partition coefficient (Wildman–Crippen LogP) is 12.2. The number of furan rings is 1. The maximum Gasteiger partial charge on any atom is 0.164 e. The first kappa shape index (κ1) is 29.3. The zero-order valence-electron chi connectivity index (χ0n) is 27.7. The van der Waals surface area contributed by atoms with E-state index < -0.39 is 0 Å². The molecule has 2 heterocycles. The van der Waals surface area contributed by atoms with Gasteiger partial charge in [0, 0.05) is 33.4 Å². The Kier molecular flexibility index (Phi) is 6.91. The van der Waals surface area contributed by atoms with Gasteiger partial charge >= 0.3 is 0 Å². The first-order chi connectivity index (χ1) is 25.3. The lowest BCUT2D eigenvalue weighted by molar-refractivity contribution is 0.669. The van der Waals surface area contributed by atoms with Gasteiger partial charge in [-0.05, 0) is 68.9 Å². The van der Waals surface area contributed by atoms with Crippen LogP contribution in [0.1, 0.15) is 23.5 Å². The zero-order chi connectivity index (χ0) is 33.7. The van der Waals surface area contributed by atoms with Crippen LogP contribution in [0, 0.1) is 0 Å². The second kappa shape index (κ2) is 12.0. The molecule has 10 rings (SSSR count). The molecule has 1 aliphatic carbocycles. The highest BCUT2D eigenvalue weighted by Gasteiger charge is 2.20. The molecule has 0 N–H and O–H groups in total. The lowest BCUT2D eigenvalue weighted by Gasteiger charge is -2.18. The Morgan fingerprint density at radius 3 is 1.98 bits per heavy atom. The molecule has 0 saturated carbocycles. The van der Waals surface area contributed by atoms with Crippen LogP contribution < -0.4 is 0 Å². The molecule has 9 aromatic rings. The third-order valence-corrected chi connectivity index (χ3v) is 10.1. The van der Waals surface area contributed by atoms with Crippen LogP contribution in [0.25, 0.3) is 83.2 Å². The molecule has 0 spiro atoms. The zero-order valence-corrected chi connectivity index (χ0v) is 27.7. The number of aromatic nitrogens is 3. The van der Waals surface area contributed by atoms with Crippen molar-refractivity contribution < 1.29 is 4.42 Å². The van der Waals surface area contributed by atoms with Gasteiger partial charge in [0.25, 0.3) is 0 Å². The van der Waals surface area contributed by atoms with Gasteiger partial charge in [0.15, 0.2) is 17.5 Å². The topological polar surface area (TPSA) is 51.8 Å². The van der Waals surface area contributed by atoms with Crippen molar-refractivity contribution in [2.24, 2.45) is 0 Å². The van der Waals surface area contributed by atoms with E-state index in [0.717, 1.165) is 55.8 Å². The smallest absolute Gasteiger partial charge is 0.164 e. The second-order valence-electron chi connectivity index (χ2n) is 13.1. The van der Waals surface area contributed by atoms with Gasteiger partial charge in [-0.25, -0.2) is 15.0 Å². The number of benzene rings is 7. The van der Waals surface area contributed by atoms with Gasteiger partial charge in [-0.3, -0.25) is 0 Å². The fraction of sp³-hybridized carbons (Fsp3) is 0.0426. The highest BCUT2D eigenvalue weighted by atomic mass is 16.3. The van der Waals surface area contributed by atoms with Crippen LogP contribution in [-0.4, -0.2) is 15.0 Å². The number of allylic oxidation sites excluding steroid dienone is 4. The molecule has 0 bridgehead atoms. The van der Waals surface area contributed by atoms with Crippen molar-refractivity contribution in [3.8, 4) is 34.2 Å². The first-order valence-corrected chi connectivity index (χ1v) is 17.4. The Morgan fingerprint density at radius 2 is 1.16 bits per heavy atom. The molecule has 7 aromatic carbocycles. The highest BCUT2D eigenvalue weighted by molar-refractivity contribution is 6.12. The summed E-state index contributed by atoms with van der Waals surface area (Å²) in [5.41, 5.74) is 8.24. The van der Waals surface area contributed by atoms with Crippen molar-refractivity contribution >= 4 is 49.1 Å². The normalized spacial score (nSPS) is 14.4. The molecule has 1 unspecified atom stereocenters. The van der Waals surface area contributed by atoms with Crippen LogP contribution >= 0.6 is 0 Å². The van der Waals surface area contributed by atoms with E-state index in [0.29, 0.717) is 23.4 Å². The summed E-state index contributed by atoms with van der Waals surface area (Å²) >= 11 is 0. The molecule has 0 fully saturated rings. The Balaban J connectivity index is 1.15. The largest absolute Gasteiger partial charge is 0.456 e. The minimum atomic E-state index is 0.384. The van der Waals surface area contributed by atoms with Gasteiger partial charge < -0.3 is 4.42 Å². The van der Waals surface area contributed by atoms with Crippen molar-refractivity contribution in [3.63, 3.8) is 0 Å². The van der Waals surface area contributed by atoms with Gasteiger partial charge in [-0.15, -0.1) is 0 Å². The second-order valence-corrected chi connectivity index (χ2v) is 13.1. The summed E-state index contributed by atoms with van der Waals surface area (Å²) in [5.74, 6) is 2.25. The van der Waals surface area contributed by atoms with Crippen LogP contribution in [0.5, 0.6) is 0 Å². The molecule has 0 radical (unpaired) electrons. The lowest BCUT2D eigenvalue weighted by Crippen LogP contribution is -2.02. The van der Waals surface area contributed by atoms with Crippen LogP contribution in [0.15, 0.2) is 174 Å². The summed E-state index contributed by atoms with van der Waals surface area (Å²) in [7, 11) is 0. The monoisotopic (exact) mass is 653 g/mol. The van der Waals surface area contributed by atoms with Gasteiger partial charge in [0.1, 0.15) is 11.2 Å².